The molecule has 0 aromatic heterocycles. The van der Waals surface area contributed by atoms with Gasteiger partial charge in [0.15, 0.2) is 0 Å². The number of hydrogen-bond donors (Lipinski definition) is 0. The molecule has 1 spiro atoms. The number of para-hydroxylation sites is 1. The molecule has 4 aliphatic carbocycles. The van der Waals surface area contributed by atoms with Gasteiger partial charge >= 0.3 is 0 Å². The second-order valence-corrected chi connectivity index (χ2v) is 19.5. The number of thioether (sulfide) groups is 1. The monoisotopic (exact) mass is 825 g/mol. The van der Waals surface area contributed by atoms with Crippen LogP contribution in [-0.2, 0) is 5.41 Å². The van der Waals surface area contributed by atoms with Crippen LogP contribution in [0.5, 0.6) is 0 Å². The summed E-state index contributed by atoms with van der Waals surface area (Å²) in [4.78, 5) is 3.96. The molecule has 13 rings (SSSR count). The van der Waals surface area contributed by atoms with E-state index < -0.39 is 0 Å². The van der Waals surface area contributed by atoms with Gasteiger partial charge in [0.25, 0.3) is 0 Å². The maximum atomic E-state index is 2.55. The van der Waals surface area contributed by atoms with E-state index in [2.05, 4.69) is 217 Å². The normalized spacial score (nSPS) is 21.9. The number of benzene rings is 8. The highest BCUT2D eigenvalue weighted by atomic mass is 32.2. The van der Waals surface area contributed by atoms with Gasteiger partial charge in [-0.3, -0.25) is 0 Å². The molecule has 5 aliphatic rings. The molecule has 0 radical (unpaired) electrons. The number of anilines is 3. The first-order valence-corrected chi connectivity index (χ1v) is 23.7. The van der Waals surface area contributed by atoms with Crippen LogP contribution in [0.15, 0.2) is 217 Å². The highest BCUT2D eigenvalue weighted by molar-refractivity contribution is 8.00. The van der Waals surface area contributed by atoms with Crippen molar-refractivity contribution in [3.05, 3.63) is 229 Å². The molecule has 2 bridgehead atoms. The Kier molecular flexibility index (Phi) is 8.66. The molecule has 302 valence electrons. The molecule has 2 heteroatoms. The van der Waals surface area contributed by atoms with Crippen LogP contribution < -0.4 is 4.90 Å². The smallest absolute Gasteiger partial charge is 0.0540 e. The van der Waals surface area contributed by atoms with Gasteiger partial charge in [0, 0.05) is 38.4 Å². The number of fused-ring (bicyclic) bond motifs is 11. The molecule has 0 N–H and O–H groups in total. The summed E-state index contributed by atoms with van der Waals surface area (Å²) in [5.41, 5.74) is 20.9. The largest absolute Gasteiger partial charge is 0.310 e. The van der Waals surface area contributed by atoms with Gasteiger partial charge in [-0.05, 0) is 128 Å². The van der Waals surface area contributed by atoms with Gasteiger partial charge in [0.05, 0.1) is 5.69 Å². The van der Waals surface area contributed by atoms with Crippen molar-refractivity contribution in [2.75, 3.05) is 4.90 Å². The van der Waals surface area contributed by atoms with Gasteiger partial charge in [-0.15, -0.1) is 11.8 Å². The van der Waals surface area contributed by atoms with Crippen molar-refractivity contribution in [2.45, 2.75) is 47.2 Å². The van der Waals surface area contributed by atoms with E-state index in [0.29, 0.717) is 11.2 Å². The Morgan fingerprint density at radius 1 is 0.460 bits per heavy atom. The first kappa shape index (κ1) is 37.0. The summed E-state index contributed by atoms with van der Waals surface area (Å²) < 4.78 is 0. The van der Waals surface area contributed by atoms with E-state index in [0.717, 1.165) is 23.2 Å². The van der Waals surface area contributed by atoms with E-state index in [4.69, 9.17) is 0 Å². The number of rotatable bonds is 7. The van der Waals surface area contributed by atoms with Gasteiger partial charge in [-0.25, -0.2) is 0 Å². The zero-order valence-corrected chi connectivity index (χ0v) is 36.0. The van der Waals surface area contributed by atoms with Gasteiger partial charge in [-0.1, -0.05) is 188 Å². The summed E-state index contributed by atoms with van der Waals surface area (Å²) >= 11 is 2.02. The van der Waals surface area contributed by atoms with Crippen LogP contribution in [0.25, 0.3) is 55.6 Å². The van der Waals surface area contributed by atoms with Crippen LogP contribution in [0.3, 0.4) is 0 Å². The maximum Gasteiger partial charge on any atom is 0.0540 e. The second kappa shape index (κ2) is 14.8. The van der Waals surface area contributed by atoms with Crippen LogP contribution in [-0.4, -0.2) is 5.25 Å². The molecule has 1 heterocycles. The minimum atomic E-state index is 0.133. The summed E-state index contributed by atoms with van der Waals surface area (Å²) in [7, 11) is 0. The van der Waals surface area contributed by atoms with Crippen LogP contribution in [0, 0.1) is 11.8 Å². The third kappa shape index (κ3) is 5.77. The van der Waals surface area contributed by atoms with E-state index in [-0.39, 0.29) is 5.41 Å². The zero-order chi connectivity index (χ0) is 41.5. The topological polar surface area (TPSA) is 3.24 Å². The summed E-state index contributed by atoms with van der Waals surface area (Å²) in [6.07, 6.45) is 14.6. The fourth-order valence-corrected chi connectivity index (χ4v) is 14.0. The minimum absolute atomic E-state index is 0.133. The summed E-state index contributed by atoms with van der Waals surface area (Å²) in [5.74, 6) is 1.97. The molecule has 8 aromatic rings. The fraction of sp³-hybridized carbons (Fsp3) is 0.148. The average molecular weight is 826 g/mol. The van der Waals surface area contributed by atoms with E-state index in [1.54, 1.807) is 11.1 Å². The van der Waals surface area contributed by atoms with Crippen molar-refractivity contribution in [1.82, 2.24) is 0 Å². The SMILES string of the molecule is C1=CC2Sc3c(-c4cccc(N(c5ccc6c(c5)-c5ccccc5C65CC6CCC5C6)c5ccccc5-c5ccccc5-c5ccccc5-c5ccccc5)c4)cccc3C2C=C1. The van der Waals surface area contributed by atoms with Crippen molar-refractivity contribution in [1.29, 1.82) is 0 Å². The maximum absolute atomic E-state index is 2.55. The lowest BCUT2D eigenvalue weighted by atomic mass is 9.67. The lowest BCUT2D eigenvalue weighted by Crippen LogP contribution is -2.31. The molecular formula is C61H47NS. The van der Waals surface area contributed by atoms with Crippen LogP contribution in [0.4, 0.5) is 17.1 Å². The Bertz CT molecular complexity index is 3160. The molecule has 63 heavy (non-hydrogen) atoms. The van der Waals surface area contributed by atoms with Crippen molar-refractivity contribution in [2.24, 2.45) is 11.8 Å². The molecule has 5 unspecified atom stereocenters. The predicted molar refractivity (Wildman–Crippen MR) is 265 cm³/mol. The van der Waals surface area contributed by atoms with E-state index in [9.17, 15) is 0 Å². The molecule has 8 aromatic carbocycles. The van der Waals surface area contributed by atoms with Crippen molar-refractivity contribution in [3.8, 4) is 55.6 Å². The summed E-state index contributed by atoms with van der Waals surface area (Å²) in [6.45, 7) is 0. The fourth-order valence-electron chi connectivity index (χ4n) is 12.5. The third-order valence-electron chi connectivity index (χ3n) is 15.1. The van der Waals surface area contributed by atoms with Crippen LogP contribution in [0.2, 0.25) is 0 Å². The van der Waals surface area contributed by atoms with Crippen LogP contribution >= 0.6 is 11.8 Å². The Labute approximate surface area is 375 Å². The average Bonchev–Trinajstić information content (AvgIpc) is 4.14. The van der Waals surface area contributed by atoms with E-state index in [1.807, 2.05) is 11.8 Å². The molecule has 2 saturated carbocycles. The molecule has 2 fully saturated rings. The number of nitrogens with zero attached hydrogens (tertiary/aromatic N) is 1. The van der Waals surface area contributed by atoms with Gasteiger partial charge in [-0.2, -0.15) is 0 Å². The molecular weight excluding hydrogens is 779 g/mol. The lowest BCUT2D eigenvalue weighted by molar-refractivity contribution is 0.327. The molecule has 1 aliphatic heterocycles. The Balaban J connectivity index is 1.01. The summed E-state index contributed by atoms with van der Waals surface area (Å²) in [6, 6.07) is 70.9. The highest BCUT2D eigenvalue weighted by Crippen LogP contribution is 2.66. The number of hydrogen-bond acceptors (Lipinski definition) is 2. The number of allylic oxidation sites excluding steroid dienone is 3. The Morgan fingerprint density at radius 2 is 1.10 bits per heavy atom. The molecule has 1 nitrogen and oxygen atoms in total. The Morgan fingerprint density at radius 3 is 1.90 bits per heavy atom. The van der Waals surface area contributed by atoms with E-state index in [1.165, 1.54) is 97.5 Å². The molecule has 5 atom stereocenters. The van der Waals surface area contributed by atoms with Crippen molar-refractivity contribution in [3.63, 3.8) is 0 Å². The van der Waals surface area contributed by atoms with E-state index >= 15 is 0 Å². The second-order valence-electron chi connectivity index (χ2n) is 18.3. The van der Waals surface area contributed by atoms with Gasteiger partial charge in [0.1, 0.15) is 0 Å². The quantitative estimate of drug-likeness (QED) is 0.157. The minimum Gasteiger partial charge on any atom is -0.310 e. The highest BCUT2D eigenvalue weighted by Gasteiger charge is 2.56. The first-order chi connectivity index (χ1) is 31.2. The third-order valence-corrected chi connectivity index (χ3v) is 16.5. The first-order valence-electron chi connectivity index (χ1n) is 22.9. The van der Waals surface area contributed by atoms with Crippen molar-refractivity contribution >= 4 is 28.8 Å². The Hall–Kier alpha value is -6.61. The standard InChI is InChI=1S/C61H47NS/c1-2-16-41(17-3-1)46-20-4-5-21-48(46)49-22-6-7-23-50(49)52-25-9-12-30-58(52)62(44-19-14-18-42(37-44)47-27-15-28-54-53-26-10-13-31-59(53)63-60(47)54)45-34-35-57-55(38-45)51-24-8-11-29-56(51)61(57)39-40-32-33-43(61)36-40/h1-31,34-35,37-38,40,43,53,59H,32-33,36,39H2. The zero-order valence-electron chi connectivity index (χ0n) is 35.2. The van der Waals surface area contributed by atoms with Crippen LogP contribution in [0.1, 0.15) is 48.3 Å². The van der Waals surface area contributed by atoms with Crippen molar-refractivity contribution < 1.29 is 0 Å². The lowest BCUT2D eigenvalue weighted by Gasteiger charge is -2.36. The van der Waals surface area contributed by atoms with Gasteiger partial charge in [0.2, 0.25) is 0 Å². The molecule has 0 amide bonds. The van der Waals surface area contributed by atoms with Gasteiger partial charge < -0.3 is 4.90 Å². The predicted octanol–water partition coefficient (Wildman–Crippen LogP) is 16.6. The molecule has 0 saturated heterocycles. The summed E-state index contributed by atoms with van der Waals surface area (Å²) in [5, 5.41) is 0.442.